The monoisotopic (exact) mass is 255 g/mol. The van der Waals surface area contributed by atoms with Gasteiger partial charge in [0.05, 0.1) is 18.3 Å². The van der Waals surface area contributed by atoms with Gasteiger partial charge in [-0.25, -0.2) is 0 Å². The Labute approximate surface area is 108 Å². The zero-order chi connectivity index (χ0) is 11.2. The maximum absolute atomic E-state index is 11.8. The number of aromatic nitrogens is 1. The number of rotatable bonds is 3. The molecular formula is C12H18ClN3O. The fourth-order valence-electron chi connectivity index (χ4n) is 1.88. The maximum Gasteiger partial charge on any atom is 0.237 e. The highest BCUT2D eigenvalue weighted by molar-refractivity contribution is 5.85. The van der Waals surface area contributed by atoms with E-state index in [1.165, 1.54) is 6.42 Å². The van der Waals surface area contributed by atoms with Gasteiger partial charge >= 0.3 is 0 Å². The molecule has 0 radical (unpaired) electrons. The number of pyridine rings is 1. The Bertz CT molecular complexity index is 339. The molecule has 1 unspecified atom stereocenters. The summed E-state index contributed by atoms with van der Waals surface area (Å²) in [6.07, 6.45) is 4.98. The van der Waals surface area contributed by atoms with E-state index in [2.05, 4.69) is 15.6 Å². The van der Waals surface area contributed by atoms with Crippen LogP contribution in [0.1, 0.15) is 25.0 Å². The van der Waals surface area contributed by atoms with Gasteiger partial charge in [-0.3, -0.25) is 9.78 Å². The van der Waals surface area contributed by atoms with E-state index < -0.39 is 0 Å². The summed E-state index contributed by atoms with van der Waals surface area (Å²) in [4.78, 5) is 15.9. The highest BCUT2D eigenvalue weighted by Crippen LogP contribution is 2.06. The van der Waals surface area contributed by atoms with Gasteiger partial charge in [-0.05, 0) is 31.5 Å². The molecule has 1 aliphatic rings. The number of amides is 1. The minimum atomic E-state index is -0.0162. The number of hydrogen-bond donors (Lipinski definition) is 2. The van der Waals surface area contributed by atoms with Crippen molar-refractivity contribution >= 4 is 18.3 Å². The van der Waals surface area contributed by atoms with E-state index in [1.807, 2.05) is 18.2 Å². The van der Waals surface area contributed by atoms with Gasteiger partial charge in [0.15, 0.2) is 0 Å². The summed E-state index contributed by atoms with van der Waals surface area (Å²) >= 11 is 0. The normalized spacial score (nSPS) is 19.2. The van der Waals surface area contributed by atoms with Crippen LogP contribution in [0.15, 0.2) is 24.4 Å². The zero-order valence-electron chi connectivity index (χ0n) is 9.69. The second kappa shape index (κ2) is 7.25. The Balaban J connectivity index is 0.00000144. The van der Waals surface area contributed by atoms with Gasteiger partial charge in [0.25, 0.3) is 0 Å². The fraction of sp³-hybridized carbons (Fsp3) is 0.500. The van der Waals surface area contributed by atoms with Crippen LogP contribution in [0, 0.1) is 0 Å². The molecule has 2 heterocycles. The summed E-state index contributed by atoms with van der Waals surface area (Å²) in [6.45, 7) is 1.46. The van der Waals surface area contributed by atoms with Gasteiger partial charge in [0, 0.05) is 6.20 Å². The van der Waals surface area contributed by atoms with Crippen molar-refractivity contribution in [3.05, 3.63) is 30.1 Å². The number of hydrogen-bond acceptors (Lipinski definition) is 3. The van der Waals surface area contributed by atoms with Crippen LogP contribution in [-0.2, 0) is 11.3 Å². The molecule has 0 saturated carbocycles. The number of piperidine rings is 1. The van der Waals surface area contributed by atoms with Gasteiger partial charge in [-0.15, -0.1) is 12.4 Å². The topological polar surface area (TPSA) is 54.0 Å². The van der Waals surface area contributed by atoms with Crippen molar-refractivity contribution in [2.45, 2.75) is 31.8 Å². The van der Waals surface area contributed by atoms with Gasteiger partial charge in [-0.1, -0.05) is 12.5 Å². The van der Waals surface area contributed by atoms with Crippen molar-refractivity contribution < 1.29 is 4.79 Å². The lowest BCUT2D eigenvalue weighted by Crippen LogP contribution is -2.46. The van der Waals surface area contributed by atoms with Gasteiger partial charge < -0.3 is 10.6 Å². The lowest BCUT2D eigenvalue weighted by molar-refractivity contribution is -0.123. The molecule has 5 heteroatoms. The van der Waals surface area contributed by atoms with Crippen LogP contribution in [-0.4, -0.2) is 23.5 Å². The Hall–Kier alpha value is -1.13. The first kappa shape index (κ1) is 13.9. The van der Waals surface area contributed by atoms with E-state index in [9.17, 15) is 4.79 Å². The third-order valence-corrected chi connectivity index (χ3v) is 2.80. The lowest BCUT2D eigenvalue weighted by atomic mass is 10.0. The average molecular weight is 256 g/mol. The molecule has 0 spiro atoms. The van der Waals surface area contributed by atoms with Crippen molar-refractivity contribution in [2.75, 3.05) is 6.54 Å². The minimum absolute atomic E-state index is 0. The molecule has 0 bridgehead atoms. The predicted octanol–water partition coefficient (Wildman–Crippen LogP) is 1.26. The first-order valence-corrected chi connectivity index (χ1v) is 5.77. The number of carbonyl (C=O) groups excluding carboxylic acids is 1. The Kier molecular flexibility index (Phi) is 5.94. The van der Waals surface area contributed by atoms with Crippen molar-refractivity contribution in [3.8, 4) is 0 Å². The van der Waals surface area contributed by atoms with Crippen molar-refractivity contribution in [3.63, 3.8) is 0 Å². The van der Waals surface area contributed by atoms with Crippen LogP contribution >= 0.6 is 12.4 Å². The fourth-order valence-corrected chi connectivity index (χ4v) is 1.88. The molecule has 1 atom stereocenters. The molecule has 1 aromatic heterocycles. The number of carbonyl (C=O) groups is 1. The quantitative estimate of drug-likeness (QED) is 0.855. The van der Waals surface area contributed by atoms with Crippen LogP contribution in [0.3, 0.4) is 0 Å². The largest absolute Gasteiger partial charge is 0.349 e. The summed E-state index contributed by atoms with van der Waals surface area (Å²) in [5.41, 5.74) is 0.895. The molecule has 2 N–H and O–H groups in total. The summed E-state index contributed by atoms with van der Waals surface area (Å²) < 4.78 is 0. The Morgan fingerprint density at radius 2 is 2.35 bits per heavy atom. The van der Waals surface area contributed by atoms with E-state index in [0.29, 0.717) is 6.54 Å². The highest BCUT2D eigenvalue weighted by Gasteiger charge is 2.19. The van der Waals surface area contributed by atoms with Crippen molar-refractivity contribution in [2.24, 2.45) is 0 Å². The van der Waals surface area contributed by atoms with E-state index in [4.69, 9.17) is 0 Å². The molecule has 0 aromatic carbocycles. The second-order valence-electron chi connectivity index (χ2n) is 4.04. The first-order chi connectivity index (χ1) is 7.86. The number of nitrogens with one attached hydrogen (secondary N) is 2. The number of nitrogens with zero attached hydrogens (tertiary/aromatic N) is 1. The molecule has 1 saturated heterocycles. The van der Waals surface area contributed by atoms with Crippen LogP contribution in [0.25, 0.3) is 0 Å². The standard InChI is InChI=1S/C12H17N3O.ClH/c16-12(11-6-2-4-8-14-11)15-9-10-5-1-3-7-13-10;/h1,3,5,7,11,14H,2,4,6,8-9H2,(H,15,16);1H. The smallest absolute Gasteiger partial charge is 0.237 e. The van der Waals surface area contributed by atoms with Crippen molar-refractivity contribution in [1.29, 1.82) is 0 Å². The molecule has 2 rings (SSSR count). The van der Waals surface area contributed by atoms with E-state index >= 15 is 0 Å². The molecule has 1 aromatic rings. The van der Waals surface area contributed by atoms with E-state index in [0.717, 1.165) is 25.1 Å². The molecule has 4 nitrogen and oxygen atoms in total. The average Bonchev–Trinajstić information content (AvgIpc) is 2.38. The van der Waals surface area contributed by atoms with Crippen LogP contribution in [0.4, 0.5) is 0 Å². The maximum atomic E-state index is 11.8. The van der Waals surface area contributed by atoms with Crippen LogP contribution < -0.4 is 10.6 Å². The summed E-state index contributed by atoms with van der Waals surface area (Å²) in [6, 6.07) is 5.69. The van der Waals surface area contributed by atoms with Crippen LogP contribution in [0.2, 0.25) is 0 Å². The van der Waals surface area contributed by atoms with Gasteiger partial charge in [-0.2, -0.15) is 0 Å². The van der Waals surface area contributed by atoms with Gasteiger partial charge in [0.2, 0.25) is 5.91 Å². The minimum Gasteiger partial charge on any atom is -0.349 e. The molecular weight excluding hydrogens is 238 g/mol. The predicted molar refractivity (Wildman–Crippen MR) is 69.0 cm³/mol. The molecule has 17 heavy (non-hydrogen) atoms. The summed E-state index contributed by atoms with van der Waals surface area (Å²) in [5, 5.41) is 6.13. The Morgan fingerprint density at radius 1 is 1.47 bits per heavy atom. The summed E-state index contributed by atoms with van der Waals surface area (Å²) in [7, 11) is 0. The molecule has 1 amide bonds. The lowest BCUT2D eigenvalue weighted by Gasteiger charge is -2.22. The first-order valence-electron chi connectivity index (χ1n) is 5.77. The number of halogens is 1. The van der Waals surface area contributed by atoms with Gasteiger partial charge in [0.1, 0.15) is 0 Å². The molecule has 0 aliphatic carbocycles. The Morgan fingerprint density at radius 3 is 3.00 bits per heavy atom. The second-order valence-corrected chi connectivity index (χ2v) is 4.04. The van der Waals surface area contributed by atoms with E-state index in [-0.39, 0.29) is 24.4 Å². The zero-order valence-corrected chi connectivity index (χ0v) is 10.5. The highest BCUT2D eigenvalue weighted by atomic mass is 35.5. The molecule has 1 aliphatic heterocycles. The molecule has 94 valence electrons. The van der Waals surface area contributed by atoms with Crippen molar-refractivity contribution in [1.82, 2.24) is 15.6 Å². The molecule has 1 fully saturated rings. The van der Waals surface area contributed by atoms with Crippen LogP contribution in [0.5, 0.6) is 0 Å². The summed E-state index contributed by atoms with van der Waals surface area (Å²) in [5.74, 6) is 0.0883. The van der Waals surface area contributed by atoms with E-state index in [1.54, 1.807) is 6.20 Å². The third kappa shape index (κ3) is 4.32. The SMILES string of the molecule is Cl.O=C(NCc1ccccn1)C1CCCCN1. The third-order valence-electron chi connectivity index (χ3n) is 2.80.